The smallest absolute Gasteiger partial charge is 0.0593 e. The SMILES string of the molecule is CCOCCN(C)C1(CN)CC(C)(C)CC1C. The summed E-state index contributed by atoms with van der Waals surface area (Å²) in [6, 6.07) is 0. The monoisotopic (exact) mass is 242 g/mol. The summed E-state index contributed by atoms with van der Waals surface area (Å²) in [5, 5.41) is 0. The van der Waals surface area contributed by atoms with Gasteiger partial charge in [-0.2, -0.15) is 0 Å². The lowest BCUT2D eigenvalue weighted by atomic mass is 9.85. The fourth-order valence-corrected chi connectivity index (χ4v) is 3.60. The third kappa shape index (κ3) is 3.21. The van der Waals surface area contributed by atoms with Gasteiger partial charge in [-0.15, -0.1) is 0 Å². The van der Waals surface area contributed by atoms with Crippen molar-refractivity contribution < 1.29 is 4.74 Å². The highest BCUT2D eigenvalue weighted by Crippen LogP contribution is 2.49. The van der Waals surface area contributed by atoms with Crippen LogP contribution in [0.15, 0.2) is 0 Å². The Hall–Kier alpha value is -0.120. The number of rotatable bonds is 6. The average molecular weight is 242 g/mol. The molecule has 1 saturated carbocycles. The Bertz CT molecular complexity index is 242. The molecule has 3 heteroatoms. The molecule has 0 aromatic carbocycles. The lowest BCUT2D eigenvalue weighted by Gasteiger charge is -2.42. The summed E-state index contributed by atoms with van der Waals surface area (Å²) in [7, 11) is 2.20. The lowest BCUT2D eigenvalue weighted by molar-refractivity contribution is 0.0462. The second-order valence-electron chi connectivity index (χ2n) is 6.37. The van der Waals surface area contributed by atoms with Crippen molar-refractivity contribution in [2.45, 2.75) is 46.1 Å². The maximum atomic E-state index is 6.10. The van der Waals surface area contributed by atoms with Gasteiger partial charge in [0.1, 0.15) is 0 Å². The zero-order valence-electron chi connectivity index (χ0n) is 12.3. The largest absolute Gasteiger partial charge is 0.380 e. The Morgan fingerprint density at radius 3 is 2.47 bits per heavy atom. The van der Waals surface area contributed by atoms with E-state index >= 15 is 0 Å². The highest BCUT2D eigenvalue weighted by molar-refractivity contribution is 5.05. The molecule has 1 aliphatic carbocycles. The molecular weight excluding hydrogens is 212 g/mol. The first-order chi connectivity index (χ1) is 7.88. The van der Waals surface area contributed by atoms with Gasteiger partial charge >= 0.3 is 0 Å². The summed E-state index contributed by atoms with van der Waals surface area (Å²) in [4.78, 5) is 2.43. The summed E-state index contributed by atoms with van der Waals surface area (Å²) in [6.45, 7) is 12.4. The van der Waals surface area contributed by atoms with Gasteiger partial charge < -0.3 is 10.5 Å². The molecule has 0 aromatic heterocycles. The predicted octanol–water partition coefficient (Wildman–Crippen LogP) is 2.11. The molecule has 0 aliphatic heterocycles. The van der Waals surface area contributed by atoms with Gasteiger partial charge in [0.2, 0.25) is 0 Å². The van der Waals surface area contributed by atoms with Crippen LogP contribution in [0, 0.1) is 11.3 Å². The number of likely N-dealkylation sites (N-methyl/N-ethyl adjacent to an activating group) is 1. The fourth-order valence-electron chi connectivity index (χ4n) is 3.60. The van der Waals surface area contributed by atoms with Gasteiger partial charge in [0, 0.05) is 25.2 Å². The minimum absolute atomic E-state index is 0.167. The van der Waals surface area contributed by atoms with E-state index in [2.05, 4.69) is 32.7 Å². The summed E-state index contributed by atoms with van der Waals surface area (Å²) < 4.78 is 5.46. The van der Waals surface area contributed by atoms with Gasteiger partial charge in [-0.05, 0) is 38.1 Å². The quantitative estimate of drug-likeness (QED) is 0.725. The molecule has 1 rings (SSSR count). The Labute approximate surface area is 107 Å². The van der Waals surface area contributed by atoms with Crippen LogP contribution < -0.4 is 5.73 Å². The highest BCUT2D eigenvalue weighted by Gasteiger charge is 2.49. The standard InChI is InChI=1S/C14H30N2O/c1-6-17-8-7-16(5)14(11-15)10-13(3,4)9-12(14)2/h12H,6-11,15H2,1-5H3. The van der Waals surface area contributed by atoms with Crippen LogP contribution in [0.3, 0.4) is 0 Å². The Morgan fingerprint density at radius 1 is 1.41 bits per heavy atom. The first-order valence-electron chi connectivity index (χ1n) is 6.87. The number of nitrogens with two attached hydrogens (primary N) is 1. The predicted molar refractivity (Wildman–Crippen MR) is 73.1 cm³/mol. The van der Waals surface area contributed by atoms with Crippen LogP contribution in [-0.4, -0.2) is 43.8 Å². The van der Waals surface area contributed by atoms with Gasteiger partial charge in [-0.3, -0.25) is 4.90 Å². The summed E-state index contributed by atoms with van der Waals surface area (Å²) in [5.74, 6) is 0.661. The first-order valence-corrected chi connectivity index (χ1v) is 6.87. The van der Waals surface area contributed by atoms with E-state index in [-0.39, 0.29) is 5.54 Å². The molecule has 102 valence electrons. The Morgan fingerprint density at radius 2 is 2.06 bits per heavy atom. The number of hydrogen-bond donors (Lipinski definition) is 1. The minimum atomic E-state index is 0.167. The van der Waals surface area contributed by atoms with E-state index in [1.54, 1.807) is 0 Å². The molecule has 0 aromatic rings. The normalized spacial score (nSPS) is 32.3. The van der Waals surface area contributed by atoms with Crippen molar-refractivity contribution in [2.24, 2.45) is 17.1 Å². The van der Waals surface area contributed by atoms with E-state index in [1.807, 2.05) is 6.92 Å². The van der Waals surface area contributed by atoms with E-state index in [0.29, 0.717) is 11.3 Å². The molecule has 0 heterocycles. The van der Waals surface area contributed by atoms with E-state index in [4.69, 9.17) is 10.5 Å². The van der Waals surface area contributed by atoms with Crippen molar-refractivity contribution in [3.8, 4) is 0 Å². The molecule has 0 saturated heterocycles. The molecule has 1 aliphatic rings. The zero-order chi connectivity index (χ0) is 13.1. The molecule has 3 nitrogen and oxygen atoms in total. The average Bonchev–Trinajstić information content (AvgIpc) is 2.49. The van der Waals surface area contributed by atoms with Gasteiger partial charge in [-0.1, -0.05) is 20.8 Å². The summed E-state index contributed by atoms with van der Waals surface area (Å²) >= 11 is 0. The van der Waals surface area contributed by atoms with Crippen LogP contribution >= 0.6 is 0 Å². The molecule has 2 unspecified atom stereocenters. The molecule has 17 heavy (non-hydrogen) atoms. The summed E-state index contributed by atoms with van der Waals surface area (Å²) in [6.07, 6.45) is 2.46. The molecule has 0 bridgehead atoms. The van der Waals surface area contributed by atoms with E-state index in [9.17, 15) is 0 Å². The summed E-state index contributed by atoms with van der Waals surface area (Å²) in [5.41, 5.74) is 6.69. The molecule has 1 fully saturated rings. The van der Waals surface area contributed by atoms with Gasteiger partial charge in [-0.25, -0.2) is 0 Å². The van der Waals surface area contributed by atoms with Crippen LogP contribution in [0.1, 0.15) is 40.5 Å². The van der Waals surface area contributed by atoms with Crippen molar-refractivity contribution in [2.75, 3.05) is 33.4 Å². The Kier molecular flexibility index (Phi) is 4.99. The molecule has 2 atom stereocenters. The van der Waals surface area contributed by atoms with Crippen LogP contribution in [0.25, 0.3) is 0 Å². The van der Waals surface area contributed by atoms with Crippen LogP contribution in [0.2, 0.25) is 0 Å². The second kappa shape index (κ2) is 5.68. The van der Waals surface area contributed by atoms with Gasteiger partial charge in [0.15, 0.2) is 0 Å². The third-order valence-corrected chi connectivity index (χ3v) is 4.45. The second-order valence-corrected chi connectivity index (χ2v) is 6.37. The van der Waals surface area contributed by atoms with Crippen molar-refractivity contribution in [1.82, 2.24) is 4.90 Å². The first kappa shape index (κ1) is 14.9. The van der Waals surface area contributed by atoms with Crippen LogP contribution in [0.4, 0.5) is 0 Å². The highest BCUT2D eigenvalue weighted by atomic mass is 16.5. The lowest BCUT2D eigenvalue weighted by Crippen LogP contribution is -2.55. The fraction of sp³-hybridized carbons (Fsp3) is 1.00. The molecule has 0 spiro atoms. The van der Waals surface area contributed by atoms with Gasteiger partial charge in [0.25, 0.3) is 0 Å². The topological polar surface area (TPSA) is 38.5 Å². The Balaban J connectivity index is 2.68. The maximum absolute atomic E-state index is 6.10. The van der Waals surface area contributed by atoms with Crippen LogP contribution in [0.5, 0.6) is 0 Å². The van der Waals surface area contributed by atoms with Crippen molar-refractivity contribution in [1.29, 1.82) is 0 Å². The van der Waals surface area contributed by atoms with E-state index in [0.717, 1.165) is 26.3 Å². The third-order valence-electron chi connectivity index (χ3n) is 4.45. The molecule has 2 N–H and O–H groups in total. The minimum Gasteiger partial charge on any atom is -0.380 e. The van der Waals surface area contributed by atoms with E-state index in [1.165, 1.54) is 12.8 Å². The maximum Gasteiger partial charge on any atom is 0.0593 e. The number of ether oxygens (including phenoxy) is 1. The molecule has 0 radical (unpaired) electrons. The van der Waals surface area contributed by atoms with Crippen molar-refractivity contribution in [3.63, 3.8) is 0 Å². The number of nitrogens with zero attached hydrogens (tertiary/aromatic N) is 1. The van der Waals surface area contributed by atoms with Gasteiger partial charge in [0.05, 0.1) is 6.61 Å². The molecule has 0 amide bonds. The number of hydrogen-bond acceptors (Lipinski definition) is 3. The van der Waals surface area contributed by atoms with Crippen molar-refractivity contribution in [3.05, 3.63) is 0 Å². The zero-order valence-corrected chi connectivity index (χ0v) is 12.3. The van der Waals surface area contributed by atoms with E-state index < -0.39 is 0 Å². The molecular formula is C14H30N2O. The van der Waals surface area contributed by atoms with Crippen LogP contribution in [-0.2, 0) is 4.74 Å². The van der Waals surface area contributed by atoms with Crippen molar-refractivity contribution >= 4 is 0 Å².